The van der Waals surface area contributed by atoms with E-state index >= 15 is 0 Å². The third kappa shape index (κ3) is 2.27. The van der Waals surface area contributed by atoms with Crippen LogP contribution in [0.5, 0.6) is 0 Å². The van der Waals surface area contributed by atoms with E-state index < -0.39 is 0 Å². The molecule has 3 atom stereocenters. The van der Waals surface area contributed by atoms with Crippen molar-refractivity contribution in [2.24, 2.45) is 11.8 Å². The molecule has 1 aromatic rings. The Morgan fingerprint density at radius 2 is 2.06 bits per heavy atom. The molecular weight excluding hydrogens is 201 g/mol. The topological polar surface area (TPSA) is 12.0 Å². The van der Waals surface area contributed by atoms with Crippen LogP contribution in [0, 0.1) is 17.7 Å². The summed E-state index contributed by atoms with van der Waals surface area (Å²) in [6.07, 6.45) is 3.31. The van der Waals surface area contributed by atoms with Crippen LogP contribution in [0.3, 0.4) is 0 Å². The predicted molar refractivity (Wildman–Crippen MR) is 64.8 cm³/mol. The Kier molecular flexibility index (Phi) is 3.59. The molecule has 2 heteroatoms. The van der Waals surface area contributed by atoms with E-state index in [4.69, 9.17) is 0 Å². The lowest BCUT2D eigenvalue weighted by Crippen LogP contribution is -2.29. The molecule has 88 valence electrons. The van der Waals surface area contributed by atoms with Gasteiger partial charge in [0.1, 0.15) is 5.82 Å². The Labute approximate surface area is 97.1 Å². The zero-order valence-electron chi connectivity index (χ0n) is 10.0. The molecule has 0 heterocycles. The average Bonchev–Trinajstić information content (AvgIpc) is 2.63. The smallest absolute Gasteiger partial charge is 0.126 e. The minimum atomic E-state index is -0.0531. The van der Waals surface area contributed by atoms with Crippen LogP contribution in [0.15, 0.2) is 24.3 Å². The maximum Gasteiger partial charge on any atom is 0.126 e. The van der Waals surface area contributed by atoms with Gasteiger partial charge in [-0.3, -0.25) is 0 Å². The van der Waals surface area contributed by atoms with Gasteiger partial charge in [0.25, 0.3) is 0 Å². The first-order valence-corrected chi connectivity index (χ1v) is 6.13. The molecule has 0 amide bonds. The van der Waals surface area contributed by atoms with E-state index in [9.17, 15) is 4.39 Å². The van der Waals surface area contributed by atoms with Gasteiger partial charge < -0.3 is 5.32 Å². The lowest BCUT2D eigenvalue weighted by atomic mass is 9.89. The average molecular weight is 221 g/mol. The normalized spacial score (nSPS) is 29.6. The van der Waals surface area contributed by atoms with Crippen LogP contribution in [0.1, 0.15) is 25.3 Å². The summed E-state index contributed by atoms with van der Waals surface area (Å²) in [5.74, 6) is 1.21. The molecule has 0 spiro atoms. The highest BCUT2D eigenvalue weighted by molar-refractivity contribution is 5.18. The summed E-state index contributed by atoms with van der Waals surface area (Å²) in [5.41, 5.74) is 0.871. The summed E-state index contributed by atoms with van der Waals surface area (Å²) in [7, 11) is 2.02. The Bertz CT molecular complexity index is 350. The highest BCUT2D eigenvalue weighted by Crippen LogP contribution is 2.34. The van der Waals surface area contributed by atoms with E-state index in [0.717, 1.165) is 12.0 Å². The van der Waals surface area contributed by atoms with E-state index in [0.29, 0.717) is 17.9 Å². The summed E-state index contributed by atoms with van der Waals surface area (Å²) in [6, 6.07) is 7.76. The highest BCUT2D eigenvalue weighted by atomic mass is 19.1. The second-order valence-electron chi connectivity index (χ2n) is 4.89. The van der Waals surface area contributed by atoms with Crippen LogP contribution in [0.2, 0.25) is 0 Å². The van der Waals surface area contributed by atoms with Crippen molar-refractivity contribution < 1.29 is 4.39 Å². The number of rotatable bonds is 3. The summed E-state index contributed by atoms with van der Waals surface area (Å²) < 4.78 is 13.5. The highest BCUT2D eigenvalue weighted by Gasteiger charge is 2.31. The zero-order chi connectivity index (χ0) is 11.5. The summed E-state index contributed by atoms with van der Waals surface area (Å²) in [4.78, 5) is 0. The fourth-order valence-electron chi connectivity index (χ4n) is 2.89. The van der Waals surface area contributed by atoms with E-state index in [1.54, 1.807) is 12.1 Å². The molecular formula is C14H20FN. The van der Waals surface area contributed by atoms with Crippen molar-refractivity contribution in [3.8, 4) is 0 Å². The fourth-order valence-corrected chi connectivity index (χ4v) is 2.89. The molecule has 16 heavy (non-hydrogen) atoms. The molecule has 1 nitrogen and oxygen atoms in total. The fraction of sp³-hybridized carbons (Fsp3) is 0.571. The van der Waals surface area contributed by atoms with Crippen molar-refractivity contribution in [3.05, 3.63) is 35.6 Å². The standard InChI is InChI=1S/C14H20FN/c1-10-11(7-8-14(10)16-2)9-12-5-3-4-6-13(12)15/h3-6,10-11,14,16H,7-9H2,1-2H3. The third-order valence-corrected chi connectivity index (χ3v) is 4.04. The van der Waals surface area contributed by atoms with Crippen molar-refractivity contribution in [1.82, 2.24) is 5.32 Å². The van der Waals surface area contributed by atoms with Crippen LogP contribution >= 0.6 is 0 Å². The monoisotopic (exact) mass is 221 g/mol. The van der Waals surface area contributed by atoms with Crippen LogP contribution in [-0.4, -0.2) is 13.1 Å². The van der Waals surface area contributed by atoms with E-state index in [-0.39, 0.29) is 5.82 Å². The first-order valence-electron chi connectivity index (χ1n) is 6.13. The quantitative estimate of drug-likeness (QED) is 0.827. The molecule has 0 aromatic heterocycles. The van der Waals surface area contributed by atoms with Gasteiger partial charge in [-0.1, -0.05) is 25.1 Å². The molecule has 1 aliphatic carbocycles. The molecule has 3 unspecified atom stereocenters. The van der Waals surface area contributed by atoms with Crippen LogP contribution in [0.25, 0.3) is 0 Å². The third-order valence-electron chi connectivity index (χ3n) is 4.04. The first-order chi connectivity index (χ1) is 7.72. The SMILES string of the molecule is CNC1CCC(Cc2ccccc2F)C1C. The number of benzene rings is 1. The van der Waals surface area contributed by atoms with Gasteiger partial charge in [-0.25, -0.2) is 4.39 Å². The molecule has 2 rings (SSSR count). The van der Waals surface area contributed by atoms with Crippen molar-refractivity contribution in [2.75, 3.05) is 7.05 Å². The minimum absolute atomic E-state index is 0.0531. The zero-order valence-corrected chi connectivity index (χ0v) is 10.0. The number of hydrogen-bond acceptors (Lipinski definition) is 1. The van der Waals surface area contributed by atoms with Crippen LogP contribution in [0.4, 0.5) is 4.39 Å². The van der Waals surface area contributed by atoms with E-state index in [1.165, 1.54) is 12.8 Å². The second kappa shape index (κ2) is 4.96. The van der Waals surface area contributed by atoms with Crippen molar-refractivity contribution in [2.45, 2.75) is 32.2 Å². The summed E-state index contributed by atoms with van der Waals surface area (Å²) in [6.45, 7) is 2.28. The lowest BCUT2D eigenvalue weighted by molar-refractivity contribution is 0.360. The van der Waals surface area contributed by atoms with Crippen molar-refractivity contribution in [3.63, 3.8) is 0 Å². The Balaban J connectivity index is 2.04. The van der Waals surface area contributed by atoms with Gasteiger partial charge in [-0.05, 0) is 49.8 Å². The van der Waals surface area contributed by atoms with Gasteiger partial charge in [0, 0.05) is 6.04 Å². The summed E-state index contributed by atoms with van der Waals surface area (Å²) in [5, 5.41) is 3.35. The molecule has 0 bridgehead atoms. The lowest BCUT2D eigenvalue weighted by Gasteiger charge is -2.20. The van der Waals surface area contributed by atoms with Gasteiger partial charge in [0.05, 0.1) is 0 Å². The number of hydrogen-bond donors (Lipinski definition) is 1. The Morgan fingerprint density at radius 1 is 1.31 bits per heavy atom. The maximum absolute atomic E-state index is 13.5. The Hall–Kier alpha value is -0.890. The van der Waals surface area contributed by atoms with Crippen molar-refractivity contribution >= 4 is 0 Å². The van der Waals surface area contributed by atoms with Crippen LogP contribution in [-0.2, 0) is 6.42 Å². The van der Waals surface area contributed by atoms with Gasteiger partial charge in [0.2, 0.25) is 0 Å². The maximum atomic E-state index is 13.5. The largest absolute Gasteiger partial charge is 0.317 e. The molecule has 1 saturated carbocycles. The molecule has 1 fully saturated rings. The van der Waals surface area contributed by atoms with E-state index in [1.807, 2.05) is 19.2 Å². The van der Waals surface area contributed by atoms with E-state index in [2.05, 4.69) is 12.2 Å². The summed E-state index contributed by atoms with van der Waals surface area (Å²) >= 11 is 0. The molecule has 1 N–H and O–H groups in total. The first kappa shape index (κ1) is 11.6. The Morgan fingerprint density at radius 3 is 2.69 bits per heavy atom. The van der Waals surface area contributed by atoms with Gasteiger partial charge in [0.15, 0.2) is 0 Å². The predicted octanol–water partition coefficient (Wildman–Crippen LogP) is 3.00. The van der Waals surface area contributed by atoms with Crippen molar-refractivity contribution in [1.29, 1.82) is 0 Å². The van der Waals surface area contributed by atoms with Gasteiger partial charge in [-0.2, -0.15) is 0 Å². The minimum Gasteiger partial charge on any atom is -0.317 e. The second-order valence-corrected chi connectivity index (χ2v) is 4.89. The molecule has 0 radical (unpaired) electrons. The molecule has 0 saturated heterocycles. The molecule has 0 aliphatic heterocycles. The van der Waals surface area contributed by atoms with Gasteiger partial charge in [-0.15, -0.1) is 0 Å². The number of nitrogens with one attached hydrogen (secondary N) is 1. The number of halogens is 1. The molecule has 1 aliphatic rings. The van der Waals surface area contributed by atoms with Gasteiger partial charge >= 0.3 is 0 Å². The molecule has 1 aromatic carbocycles. The van der Waals surface area contributed by atoms with Crippen LogP contribution < -0.4 is 5.32 Å².